The van der Waals surface area contributed by atoms with Gasteiger partial charge in [0.1, 0.15) is 0 Å². The van der Waals surface area contributed by atoms with Crippen molar-refractivity contribution < 1.29 is 4.74 Å². The summed E-state index contributed by atoms with van der Waals surface area (Å²) in [5.41, 5.74) is 0. The summed E-state index contributed by atoms with van der Waals surface area (Å²) >= 11 is 0. The van der Waals surface area contributed by atoms with E-state index in [0.717, 1.165) is 25.0 Å². The van der Waals surface area contributed by atoms with Crippen LogP contribution in [0, 0.1) is 11.8 Å². The molecule has 0 N–H and O–H groups in total. The van der Waals surface area contributed by atoms with Crippen LogP contribution in [0.25, 0.3) is 0 Å². The summed E-state index contributed by atoms with van der Waals surface area (Å²) in [4.78, 5) is 0. The summed E-state index contributed by atoms with van der Waals surface area (Å²) in [7, 11) is 0. The van der Waals surface area contributed by atoms with Crippen LogP contribution < -0.4 is 0 Å². The first-order valence-corrected chi connectivity index (χ1v) is 5.03. The van der Waals surface area contributed by atoms with Crippen LogP contribution in [-0.2, 0) is 4.74 Å². The molecule has 0 saturated heterocycles. The maximum absolute atomic E-state index is 5.64. The molecule has 0 aromatic carbocycles. The van der Waals surface area contributed by atoms with Crippen molar-refractivity contribution >= 4 is 0 Å². The van der Waals surface area contributed by atoms with Gasteiger partial charge in [-0.05, 0) is 37.5 Å². The van der Waals surface area contributed by atoms with E-state index in [1.165, 1.54) is 38.5 Å². The Labute approximate surface area is 69.1 Å². The molecule has 0 heterocycles. The minimum absolute atomic E-state index is 0.926. The minimum Gasteiger partial charge on any atom is -0.381 e. The fourth-order valence-electron chi connectivity index (χ4n) is 1.72. The summed E-state index contributed by atoms with van der Waals surface area (Å²) in [6.07, 6.45) is 8.57. The molecule has 2 aliphatic carbocycles. The molecule has 0 atom stereocenters. The van der Waals surface area contributed by atoms with E-state index in [2.05, 4.69) is 0 Å². The van der Waals surface area contributed by atoms with Crippen LogP contribution in [0.2, 0.25) is 0 Å². The average molecular weight is 154 g/mol. The molecule has 11 heavy (non-hydrogen) atoms. The van der Waals surface area contributed by atoms with Crippen LogP contribution >= 0.6 is 0 Å². The summed E-state index contributed by atoms with van der Waals surface area (Å²) in [6.45, 7) is 2.10. The molecule has 0 aliphatic heterocycles. The number of ether oxygens (including phenoxy) is 1. The monoisotopic (exact) mass is 154 g/mol. The SMILES string of the molecule is C1CC(COCC2CCC2)C1. The van der Waals surface area contributed by atoms with Crippen molar-refractivity contribution in [1.29, 1.82) is 0 Å². The molecule has 1 heteroatoms. The second kappa shape index (κ2) is 3.57. The van der Waals surface area contributed by atoms with E-state index >= 15 is 0 Å². The molecule has 0 bridgehead atoms. The van der Waals surface area contributed by atoms with Crippen LogP contribution in [0.3, 0.4) is 0 Å². The molecule has 2 aliphatic rings. The number of hydrogen-bond acceptors (Lipinski definition) is 1. The van der Waals surface area contributed by atoms with E-state index in [0.29, 0.717) is 0 Å². The van der Waals surface area contributed by atoms with Gasteiger partial charge in [0.15, 0.2) is 0 Å². The molecule has 0 unspecified atom stereocenters. The standard InChI is InChI=1S/C10H18O/c1-3-9(4-1)7-11-8-10-5-2-6-10/h9-10H,1-8H2. The Morgan fingerprint density at radius 2 is 1.27 bits per heavy atom. The second-order valence-corrected chi connectivity index (χ2v) is 4.13. The van der Waals surface area contributed by atoms with Gasteiger partial charge in [-0.2, -0.15) is 0 Å². The van der Waals surface area contributed by atoms with Gasteiger partial charge in [-0.1, -0.05) is 12.8 Å². The van der Waals surface area contributed by atoms with Crippen molar-refractivity contribution in [3.63, 3.8) is 0 Å². The van der Waals surface area contributed by atoms with Gasteiger partial charge in [0.2, 0.25) is 0 Å². The Kier molecular flexibility index (Phi) is 2.47. The average Bonchev–Trinajstić information content (AvgIpc) is 1.79. The molecule has 1 nitrogen and oxygen atoms in total. The van der Waals surface area contributed by atoms with Crippen molar-refractivity contribution in [3.05, 3.63) is 0 Å². The van der Waals surface area contributed by atoms with E-state index in [-0.39, 0.29) is 0 Å². The van der Waals surface area contributed by atoms with Gasteiger partial charge >= 0.3 is 0 Å². The van der Waals surface area contributed by atoms with Gasteiger partial charge in [-0.15, -0.1) is 0 Å². The highest BCUT2D eigenvalue weighted by atomic mass is 16.5. The maximum atomic E-state index is 5.64. The predicted molar refractivity (Wildman–Crippen MR) is 45.5 cm³/mol. The molecule has 2 saturated carbocycles. The van der Waals surface area contributed by atoms with Crippen LogP contribution in [-0.4, -0.2) is 13.2 Å². The summed E-state index contributed by atoms with van der Waals surface area (Å²) < 4.78 is 5.64. The van der Waals surface area contributed by atoms with Crippen molar-refractivity contribution in [3.8, 4) is 0 Å². The predicted octanol–water partition coefficient (Wildman–Crippen LogP) is 2.60. The first kappa shape index (κ1) is 7.60. The number of hydrogen-bond donors (Lipinski definition) is 0. The van der Waals surface area contributed by atoms with Crippen LogP contribution in [0.5, 0.6) is 0 Å². The highest BCUT2D eigenvalue weighted by Gasteiger charge is 2.20. The first-order chi connectivity index (χ1) is 5.45. The zero-order chi connectivity index (χ0) is 7.52. The normalized spacial score (nSPS) is 26.2. The molecule has 2 fully saturated rings. The topological polar surface area (TPSA) is 9.23 Å². The summed E-state index contributed by atoms with van der Waals surface area (Å²) in [5.74, 6) is 1.85. The van der Waals surface area contributed by atoms with Crippen LogP contribution in [0.1, 0.15) is 38.5 Å². The van der Waals surface area contributed by atoms with Crippen molar-refractivity contribution in [2.45, 2.75) is 38.5 Å². The van der Waals surface area contributed by atoms with E-state index in [9.17, 15) is 0 Å². The van der Waals surface area contributed by atoms with E-state index < -0.39 is 0 Å². The summed E-state index contributed by atoms with van der Waals surface area (Å²) in [6, 6.07) is 0. The Morgan fingerprint density at radius 3 is 1.55 bits per heavy atom. The molecule has 0 aromatic rings. The Balaban J connectivity index is 1.46. The number of rotatable bonds is 4. The van der Waals surface area contributed by atoms with Gasteiger partial charge in [-0.3, -0.25) is 0 Å². The lowest BCUT2D eigenvalue weighted by Crippen LogP contribution is -2.22. The van der Waals surface area contributed by atoms with E-state index in [1.54, 1.807) is 0 Å². The maximum Gasteiger partial charge on any atom is 0.0494 e. The fourth-order valence-corrected chi connectivity index (χ4v) is 1.72. The van der Waals surface area contributed by atoms with Gasteiger partial charge in [-0.25, -0.2) is 0 Å². The Hall–Kier alpha value is -0.0400. The second-order valence-electron chi connectivity index (χ2n) is 4.13. The third kappa shape index (κ3) is 1.96. The van der Waals surface area contributed by atoms with E-state index in [4.69, 9.17) is 4.74 Å². The molecule has 0 radical (unpaired) electrons. The molecule has 0 aromatic heterocycles. The molecule has 2 rings (SSSR count). The largest absolute Gasteiger partial charge is 0.381 e. The smallest absolute Gasteiger partial charge is 0.0494 e. The molecular weight excluding hydrogens is 136 g/mol. The van der Waals surface area contributed by atoms with E-state index in [1.807, 2.05) is 0 Å². The quantitative estimate of drug-likeness (QED) is 0.604. The van der Waals surface area contributed by atoms with Crippen LogP contribution in [0.15, 0.2) is 0 Å². The fraction of sp³-hybridized carbons (Fsp3) is 1.00. The van der Waals surface area contributed by atoms with Crippen molar-refractivity contribution in [1.82, 2.24) is 0 Å². The lowest BCUT2D eigenvalue weighted by Gasteiger charge is -2.28. The highest BCUT2D eigenvalue weighted by Crippen LogP contribution is 2.29. The molecular formula is C10H18O. The first-order valence-electron chi connectivity index (χ1n) is 5.03. The minimum atomic E-state index is 0.926. The zero-order valence-corrected chi connectivity index (χ0v) is 7.22. The van der Waals surface area contributed by atoms with Crippen LogP contribution in [0.4, 0.5) is 0 Å². The lowest BCUT2D eigenvalue weighted by atomic mass is 9.85. The van der Waals surface area contributed by atoms with Gasteiger partial charge in [0, 0.05) is 13.2 Å². The Morgan fingerprint density at radius 1 is 0.818 bits per heavy atom. The lowest BCUT2D eigenvalue weighted by molar-refractivity contribution is 0.0297. The molecule has 0 spiro atoms. The third-order valence-electron chi connectivity index (χ3n) is 3.16. The van der Waals surface area contributed by atoms with Gasteiger partial charge in [0.25, 0.3) is 0 Å². The highest BCUT2D eigenvalue weighted by molar-refractivity contribution is 4.71. The molecule has 0 amide bonds. The summed E-state index contributed by atoms with van der Waals surface area (Å²) in [5, 5.41) is 0. The Bertz CT molecular complexity index is 100. The van der Waals surface area contributed by atoms with Gasteiger partial charge < -0.3 is 4.74 Å². The van der Waals surface area contributed by atoms with Crippen molar-refractivity contribution in [2.24, 2.45) is 11.8 Å². The zero-order valence-electron chi connectivity index (χ0n) is 7.22. The van der Waals surface area contributed by atoms with Gasteiger partial charge in [0.05, 0.1) is 0 Å². The van der Waals surface area contributed by atoms with Crippen molar-refractivity contribution in [2.75, 3.05) is 13.2 Å². The molecule has 64 valence electrons. The third-order valence-corrected chi connectivity index (χ3v) is 3.16.